The Morgan fingerprint density at radius 2 is 2.12 bits per heavy atom. The van der Waals surface area contributed by atoms with Crippen LogP contribution in [0, 0.1) is 6.92 Å². The zero-order valence-electron chi connectivity index (χ0n) is 10.4. The summed E-state index contributed by atoms with van der Waals surface area (Å²) in [7, 11) is 0. The van der Waals surface area contributed by atoms with E-state index >= 15 is 0 Å². The minimum absolute atomic E-state index is 0.574. The quantitative estimate of drug-likeness (QED) is 0.788. The van der Waals surface area contributed by atoms with Crippen LogP contribution in [-0.4, -0.2) is 9.55 Å². The van der Waals surface area contributed by atoms with Gasteiger partial charge in [0, 0.05) is 6.54 Å². The maximum Gasteiger partial charge on any atom is 0.130 e. The van der Waals surface area contributed by atoms with E-state index in [9.17, 15) is 0 Å². The third-order valence-electron chi connectivity index (χ3n) is 2.73. The van der Waals surface area contributed by atoms with E-state index in [4.69, 9.17) is 4.74 Å². The van der Waals surface area contributed by atoms with Gasteiger partial charge < -0.3 is 9.30 Å². The Morgan fingerprint density at radius 1 is 1.29 bits per heavy atom. The van der Waals surface area contributed by atoms with Gasteiger partial charge >= 0.3 is 0 Å². The maximum absolute atomic E-state index is 5.81. The number of hydrogen-bond acceptors (Lipinski definition) is 2. The number of benzene rings is 1. The first-order valence-corrected chi connectivity index (χ1v) is 5.98. The molecule has 0 spiro atoms. The summed E-state index contributed by atoms with van der Waals surface area (Å²) in [6, 6.07) is 8.06. The van der Waals surface area contributed by atoms with Crippen LogP contribution in [0.3, 0.4) is 0 Å². The van der Waals surface area contributed by atoms with Crippen LogP contribution in [0.1, 0.15) is 24.6 Å². The number of hydrogen-bond donors (Lipinski definition) is 0. The van der Waals surface area contributed by atoms with E-state index in [0.29, 0.717) is 6.61 Å². The van der Waals surface area contributed by atoms with Gasteiger partial charge in [-0.25, -0.2) is 4.98 Å². The Bertz CT molecular complexity index is 477. The Morgan fingerprint density at radius 3 is 2.88 bits per heavy atom. The van der Waals surface area contributed by atoms with Crippen molar-refractivity contribution in [1.29, 1.82) is 0 Å². The van der Waals surface area contributed by atoms with Gasteiger partial charge in [0.25, 0.3) is 0 Å². The SMILES string of the molecule is CCCn1cncc1COc1ccccc1C. The summed E-state index contributed by atoms with van der Waals surface area (Å²) in [5.74, 6) is 0.941. The molecule has 1 aromatic heterocycles. The van der Waals surface area contributed by atoms with Crippen LogP contribution >= 0.6 is 0 Å². The third-order valence-corrected chi connectivity index (χ3v) is 2.73. The van der Waals surface area contributed by atoms with E-state index in [1.807, 2.05) is 30.7 Å². The zero-order chi connectivity index (χ0) is 12.1. The molecular weight excluding hydrogens is 212 g/mol. The average molecular weight is 230 g/mol. The summed E-state index contributed by atoms with van der Waals surface area (Å²) < 4.78 is 7.94. The fourth-order valence-electron chi connectivity index (χ4n) is 1.78. The second kappa shape index (κ2) is 5.53. The van der Waals surface area contributed by atoms with Gasteiger partial charge in [-0.05, 0) is 25.0 Å². The molecule has 2 aromatic rings. The summed E-state index contributed by atoms with van der Waals surface area (Å²) in [5, 5.41) is 0. The molecule has 2 rings (SSSR count). The monoisotopic (exact) mass is 230 g/mol. The van der Waals surface area contributed by atoms with Crippen molar-refractivity contribution in [3.8, 4) is 5.75 Å². The Balaban J connectivity index is 2.02. The summed E-state index contributed by atoms with van der Waals surface area (Å²) >= 11 is 0. The van der Waals surface area contributed by atoms with Crippen LogP contribution in [0.4, 0.5) is 0 Å². The molecule has 0 fully saturated rings. The number of aromatic nitrogens is 2. The predicted molar refractivity (Wildman–Crippen MR) is 68.0 cm³/mol. The average Bonchev–Trinajstić information content (AvgIpc) is 2.76. The van der Waals surface area contributed by atoms with Crippen molar-refractivity contribution in [3.05, 3.63) is 48.0 Å². The molecule has 0 aliphatic carbocycles. The number of rotatable bonds is 5. The van der Waals surface area contributed by atoms with Gasteiger partial charge in [0.15, 0.2) is 0 Å². The highest BCUT2D eigenvalue weighted by atomic mass is 16.5. The van der Waals surface area contributed by atoms with Gasteiger partial charge in [-0.2, -0.15) is 0 Å². The normalized spacial score (nSPS) is 10.5. The van der Waals surface area contributed by atoms with Crippen LogP contribution in [0.15, 0.2) is 36.8 Å². The van der Waals surface area contributed by atoms with Gasteiger partial charge in [-0.3, -0.25) is 0 Å². The highest BCUT2D eigenvalue weighted by Crippen LogP contribution is 2.17. The molecule has 0 atom stereocenters. The lowest BCUT2D eigenvalue weighted by Crippen LogP contribution is -2.05. The van der Waals surface area contributed by atoms with Crippen molar-refractivity contribution in [2.75, 3.05) is 0 Å². The molecule has 3 heteroatoms. The van der Waals surface area contributed by atoms with E-state index in [0.717, 1.165) is 30.0 Å². The van der Waals surface area contributed by atoms with Crippen molar-refractivity contribution in [1.82, 2.24) is 9.55 Å². The Kier molecular flexibility index (Phi) is 3.81. The lowest BCUT2D eigenvalue weighted by Gasteiger charge is -2.10. The van der Waals surface area contributed by atoms with Gasteiger partial charge in [0.1, 0.15) is 12.4 Å². The predicted octanol–water partition coefficient (Wildman–Crippen LogP) is 3.18. The van der Waals surface area contributed by atoms with Crippen LogP contribution < -0.4 is 4.74 Å². The first kappa shape index (κ1) is 11.7. The molecule has 0 saturated heterocycles. The topological polar surface area (TPSA) is 27.1 Å². The van der Waals surface area contributed by atoms with Gasteiger partial charge in [-0.15, -0.1) is 0 Å². The number of aryl methyl sites for hydroxylation is 2. The van der Waals surface area contributed by atoms with Crippen molar-refractivity contribution in [2.45, 2.75) is 33.4 Å². The summed E-state index contributed by atoms with van der Waals surface area (Å²) in [4.78, 5) is 4.16. The van der Waals surface area contributed by atoms with Gasteiger partial charge in [0.05, 0.1) is 18.2 Å². The molecular formula is C14H18N2O. The molecule has 0 saturated carbocycles. The largest absolute Gasteiger partial charge is 0.487 e. The van der Waals surface area contributed by atoms with Gasteiger partial charge in [-0.1, -0.05) is 25.1 Å². The zero-order valence-corrected chi connectivity index (χ0v) is 10.4. The van der Waals surface area contributed by atoms with Crippen molar-refractivity contribution in [2.24, 2.45) is 0 Å². The molecule has 1 aromatic carbocycles. The van der Waals surface area contributed by atoms with Crippen molar-refractivity contribution >= 4 is 0 Å². The van der Waals surface area contributed by atoms with Crippen LogP contribution in [0.2, 0.25) is 0 Å². The van der Waals surface area contributed by atoms with Crippen LogP contribution in [0.5, 0.6) is 5.75 Å². The van der Waals surface area contributed by atoms with Gasteiger partial charge in [0.2, 0.25) is 0 Å². The van der Waals surface area contributed by atoms with E-state index in [2.05, 4.69) is 29.5 Å². The summed E-state index contributed by atoms with van der Waals surface area (Å²) in [6.07, 6.45) is 4.84. The molecule has 0 aliphatic rings. The minimum Gasteiger partial charge on any atom is -0.487 e. The minimum atomic E-state index is 0.574. The molecule has 0 N–H and O–H groups in total. The maximum atomic E-state index is 5.81. The fourth-order valence-corrected chi connectivity index (χ4v) is 1.78. The molecule has 90 valence electrons. The molecule has 1 heterocycles. The van der Waals surface area contributed by atoms with Crippen molar-refractivity contribution in [3.63, 3.8) is 0 Å². The van der Waals surface area contributed by atoms with Crippen molar-refractivity contribution < 1.29 is 4.74 Å². The summed E-state index contributed by atoms with van der Waals surface area (Å²) in [6.45, 7) is 5.78. The van der Waals surface area contributed by atoms with E-state index < -0.39 is 0 Å². The highest BCUT2D eigenvalue weighted by molar-refractivity contribution is 5.31. The fraction of sp³-hybridized carbons (Fsp3) is 0.357. The number of ether oxygens (including phenoxy) is 1. The molecule has 17 heavy (non-hydrogen) atoms. The number of para-hydroxylation sites is 1. The Hall–Kier alpha value is -1.77. The van der Waals surface area contributed by atoms with Crippen LogP contribution in [0.25, 0.3) is 0 Å². The smallest absolute Gasteiger partial charge is 0.130 e. The second-order valence-corrected chi connectivity index (χ2v) is 4.13. The second-order valence-electron chi connectivity index (χ2n) is 4.13. The lowest BCUT2D eigenvalue weighted by molar-refractivity contribution is 0.292. The first-order valence-electron chi connectivity index (χ1n) is 5.98. The molecule has 0 radical (unpaired) electrons. The summed E-state index contributed by atoms with van der Waals surface area (Å²) in [5.41, 5.74) is 2.28. The molecule has 0 unspecified atom stereocenters. The van der Waals surface area contributed by atoms with Crippen LogP contribution in [-0.2, 0) is 13.2 Å². The van der Waals surface area contributed by atoms with E-state index in [1.165, 1.54) is 0 Å². The van der Waals surface area contributed by atoms with E-state index in [-0.39, 0.29) is 0 Å². The third kappa shape index (κ3) is 2.87. The molecule has 0 aliphatic heterocycles. The number of imidazole rings is 1. The molecule has 0 bridgehead atoms. The first-order chi connectivity index (χ1) is 8.31. The Labute approximate surface area is 102 Å². The standard InChI is InChI=1S/C14H18N2O/c1-3-8-16-11-15-9-13(16)10-17-14-7-5-4-6-12(14)2/h4-7,9,11H,3,8,10H2,1-2H3. The lowest BCUT2D eigenvalue weighted by atomic mass is 10.2. The van der Waals surface area contributed by atoms with E-state index in [1.54, 1.807) is 0 Å². The molecule has 0 amide bonds. The number of nitrogens with zero attached hydrogens (tertiary/aromatic N) is 2. The highest BCUT2D eigenvalue weighted by Gasteiger charge is 2.03. The molecule has 3 nitrogen and oxygen atoms in total.